The van der Waals surface area contributed by atoms with Gasteiger partial charge in [-0.3, -0.25) is 0 Å². The molecule has 36 unspecified atom stereocenters. The Kier molecular flexibility index (Phi) is 29.5. The van der Waals surface area contributed by atoms with Crippen LogP contribution in [0.3, 0.4) is 0 Å². The van der Waals surface area contributed by atoms with Gasteiger partial charge in [0.1, 0.15) is 0 Å². The van der Waals surface area contributed by atoms with Crippen LogP contribution >= 0.6 is 0 Å². The average Bonchev–Trinajstić information content (AvgIpc) is 3.41. The average molecular weight is 1060 g/mol. The first kappa shape index (κ1) is 72.1. The van der Waals surface area contributed by atoms with Gasteiger partial charge in [0, 0.05) is 0 Å². The first-order valence-corrected chi connectivity index (χ1v) is 34.8. The molecule has 0 saturated heterocycles. The zero-order valence-corrected chi connectivity index (χ0v) is 59.2. The lowest BCUT2D eigenvalue weighted by Gasteiger charge is -2.45. The highest BCUT2D eigenvalue weighted by Gasteiger charge is 2.43. The van der Waals surface area contributed by atoms with Crippen LogP contribution < -0.4 is 0 Å². The maximum absolute atomic E-state index is 2.64. The Labute approximate surface area is 484 Å². The highest BCUT2D eigenvalue weighted by Crippen LogP contribution is 2.51. The van der Waals surface area contributed by atoms with Crippen molar-refractivity contribution >= 4 is 0 Å². The highest BCUT2D eigenvalue weighted by atomic mass is 14.5. The van der Waals surface area contributed by atoms with Gasteiger partial charge in [0.05, 0.1) is 0 Å². The molecule has 0 amide bonds. The minimum atomic E-state index is 0.707. The zero-order valence-electron chi connectivity index (χ0n) is 59.2. The second-order valence-electron chi connectivity index (χ2n) is 32.9. The Hall–Kier alpha value is 0. The fraction of sp³-hybridized carbons (Fsp3) is 1.00. The largest absolute Gasteiger partial charge is 0.0622 e. The summed E-state index contributed by atoms with van der Waals surface area (Å²) in [6.07, 6.45) is 5.84. The summed E-state index contributed by atoms with van der Waals surface area (Å²) < 4.78 is 0. The van der Waals surface area contributed by atoms with Crippen molar-refractivity contribution in [3.63, 3.8) is 0 Å². The highest BCUT2D eigenvalue weighted by molar-refractivity contribution is 4.92. The molecule has 0 N–H and O–H groups in total. The van der Waals surface area contributed by atoms with Gasteiger partial charge in [0.15, 0.2) is 0 Å². The van der Waals surface area contributed by atoms with Crippen molar-refractivity contribution in [2.75, 3.05) is 0 Å². The van der Waals surface area contributed by atoms with E-state index in [2.05, 4.69) is 242 Å². The summed E-state index contributed by atoms with van der Waals surface area (Å²) in [6.45, 7) is 92.2. The van der Waals surface area contributed by atoms with Crippen LogP contribution in [-0.2, 0) is 0 Å². The van der Waals surface area contributed by atoms with E-state index in [1.807, 2.05) is 0 Å². The Morgan fingerprint density at radius 2 is 0.197 bits per heavy atom. The molecule has 0 aromatic heterocycles. The van der Waals surface area contributed by atoms with Crippen LogP contribution in [0.25, 0.3) is 0 Å². The number of hydrogen-bond acceptors (Lipinski definition) is 0. The molecule has 2 aliphatic carbocycles. The Bertz CT molecular complexity index is 1460. The first-order chi connectivity index (χ1) is 34.8. The van der Waals surface area contributed by atoms with Crippen LogP contribution in [0.1, 0.15) is 268 Å². The van der Waals surface area contributed by atoms with E-state index in [1.165, 1.54) is 25.7 Å². The summed E-state index contributed by atoms with van der Waals surface area (Å²) in [5, 5.41) is 0. The fourth-order valence-electron chi connectivity index (χ4n) is 18.5. The van der Waals surface area contributed by atoms with Crippen LogP contribution in [0, 0.1) is 219 Å². The number of rotatable bonds is 0. The minimum absolute atomic E-state index is 0.707. The quantitative estimate of drug-likeness (QED) is 0.227. The molecule has 0 bridgehead atoms. The van der Waals surface area contributed by atoms with E-state index in [1.54, 1.807) is 0 Å². The third-order valence-corrected chi connectivity index (χ3v) is 31.3. The van der Waals surface area contributed by atoms with Crippen molar-refractivity contribution < 1.29 is 0 Å². The molecule has 76 heavy (non-hydrogen) atoms. The number of hydrogen-bond donors (Lipinski definition) is 0. The molecule has 2 fully saturated rings. The maximum atomic E-state index is 2.64. The summed E-state index contributed by atoms with van der Waals surface area (Å²) >= 11 is 0. The van der Waals surface area contributed by atoms with E-state index in [0.717, 1.165) is 107 Å². The summed E-state index contributed by atoms with van der Waals surface area (Å²) in [5.74, 6) is 27.2. The van der Waals surface area contributed by atoms with Gasteiger partial charge in [-0.05, 0) is 245 Å². The molecule has 454 valence electrons. The third kappa shape index (κ3) is 16.8. The summed E-state index contributed by atoms with van der Waals surface area (Å²) in [4.78, 5) is 0. The van der Waals surface area contributed by atoms with E-state index >= 15 is 0 Å². The Morgan fingerprint density at radius 3 is 0.276 bits per heavy atom. The second kappa shape index (κ2) is 31.1. The topological polar surface area (TPSA) is 0 Å². The van der Waals surface area contributed by atoms with Gasteiger partial charge in [0.25, 0.3) is 0 Å². The molecular formula is C76H150. The summed E-state index contributed by atoms with van der Waals surface area (Å²) in [7, 11) is 0. The van der Waals surface area contributed by atoms with Crippen LogP contribution in [0.15, 0.2) is 0 Å². The predicted molar refractivity (Wildman–Crippen MR) is 346 cm³/mol. The van der Waals surface area contributed by atoms with E-state index < -0.39 is 0 Å². The molecule has 0 aromatic rings. The standard InChI is InChI=1S/C76H150/c1-40-38-75-36-37-76(75)39-41(2)43(4)45(6)47(8)49(10)51(12)53(14)55(16)57(18)59(20)61(22)63(24)65(26)67(28)69(30)71(32)73(34)74(35)72(33)70(31)68(29)66(27)64(25)62(23)60(21)58(19)56(17)54(15)52(13)50(11)48(9)46(7)44(5)42(40)3/h40-76H,36-39H2,1-35H3. The number of fused-ring (bicyclic) bond motifs is 1. The normalized spacial score (nSPS) is 55.2. The van der Waals surface area contributed by atoms with Gasteiger partial charge in [-0.15, -0.1) is 0 Å². The molecule has 36 atom stereocenters. The van der Waals surface area contributed by atoms with E-state index in [0.29, 0.717) is 112 Å². The molecule has 0 aliphatic heterocycles. The van der Waals surface area contributed by atoms with Crippen molar-refractivity contribution in [3.05, 3.63) is 0 Å². The van der Waals surface area contributed by atoms with Gasteiger partial charge in [-0.1, -0.05) is 242 Å². The van der Waals surface area contributed by atoms with E-state index in [9.17, 15) is 0 Å². The second-order valence-corrected chi connectivity index (χ2v) is 32.9. The molecule has 0 aromatic carbocycles. The summed E-state index contributed by atoms with van der Waals surface area (Å²) in [6, 6.07) is 0. The van der Waals surface area contributed by atoms with Crippen LogP contribution in [0.4, 0.5) is 0 Å². The Morgan fingerprint density at radius 1 is 0.118 bits per heavy atom. The zero-order chi connectivity index (χ0) is 59.2. The van der Waals surface area contributed by atoms with Crippen molar-refractivity contribution in [2.45, 2.75) is 268 Å². The van der Waals surface area contributed by atoms with Crippen molar-refractivity contribution in [1.29, 1.82) is 0 Å². The van der Waals surface area contributed by atoms with Crippen LogP contribution in [0.5, 0.6) is 0 Å². The predicted octanol–water partition coefficient (Wildman–Crippen LogP) is 24.1. The maximum Gasteiger partial charge on any atom is -0.0383 e. The Balaban J connectivity index is 2.49. The van der Waals surface area contributed by atoms with Gasteiger partial charge < -0.3 is 0 Å². The van der Waals surface area contributed by atoms with Crippen molar-refractivity contribution in [2.24, 2.45) is 219 Å². The van der Waals surface area contributed by atoms with Crippen molar-refractivity contribution in [3.8, 4) is 0 Å². The smallest absolute Gasteiger partial charge is 0.0383 e. The lowest BCUT2D eigenvalue weighted by Crippen LogP contribution is -2.39. The van der Waals surface area contributed by atoms with Crippen LogP contribution in [-0.4, -0.2) is 0 Å². The minimum Gasteiger partial charge on any atom is -0.0622 e. The summed E-state index contributed by atoms with van der Waals surface area (Å²) in [5.41, 5.74) is 0. The third-order valence-electron chi connectivity index (χ3n) is 31.3. The SMILES string of the molecule is CC1CC2CCC2CC(C)C(C)C(C)C(C)C(C)C(C)C(C)C(C)C(C)C(C)C(C)C(C)C(C)C(C)C(C)C(C)C(C)C(C)C(C)C(C)C(C)C(C)C(C)C(C)C(C)C(C)C(C)C(C)C(C)C(C)C(C)C(C)C(C)C1C. The van der Waals surface area contributed by atoms with Gasteiger partial charge >= 0.3 is 0 Å². The van der Waals surface area contributed by atoms with E-state index in [-0.39, 0.29) is 0 Å². The van der Waals surface area contributed by atoms with Gasteiger partial charge in [-0.25, -0.2) is 0 Å². The lowest BCUT2D eigenvalue weighted by molar-refractivity contribution is 0.0362. The molecule has 2 saturated carbocycles. The molecule has 2 rings (SSSR count). The molecule has 2 aliphatic rings. The molecule has 0 heterocycles. The van der Waals surface area contributed by atoms with Crippen molar-refractivity contribution in [1.82, 2.24) is 0 Å². The molecule has 0 spiro atoms. The molecule has 0 heteroatoms. The monoisotopic (exact) mass is 1060 g/mol. The van der Waals surface area contributed by atoms with E-state index in [4.69, 9.17) is 0 Å². The lowest BCUT2D eigenvalue weighted by atomic mass is 9.60. The molecule has 0 radical (unpaired) electrons. The molecular weight excluding hydrogens is 913 g/mol. The van der Waals surface area contributed by atoms with Gasteiger partial charge in [0.2, 0.25) is 0 Å². The van der Waals surface area contributed by atoms with Gasteiger partial charge in [-0.2, -0.15) is 0 Å². The first-order valence-electron chi connectivity index (χ1n) is 34.8. The van der Waals surface area contributed by atoms with Crippen LogP contribution in [0.2, 0.25) is 0 Å². The molecule has 0 nitrogen and oxygen atoms in total. The fourth-order valence-corrected chi connectivity index (χ4v) is 18.5.